The Bertz CT molecular complexity index is 994. The molecule has 5 nitrogen and oxygen atoms in total. The number of hydrogen-bond acceptors (Lipinski definition) is 5. The first kappa shape index (κ1) is 20.1. The number of rotatable bonds is 3. The minimum atomic E-state index is -0.482. The predicted molar refractivity (Wildman–Crippen MR) is 111 cm³/mol. The number of hydrogen-bond donors (Lipinski definition) is 1. The van der Waals surface area contributed by atoms with Crippen LogP contribution < -0.4 is 10.4 Å². The number of ether oxygens (including phenoxy) is 1. The highest BCUT2D eigenvalue weighted by Gasteiger charge is 2.61. The highest BCUT2D eigenvalue weighted by molar-refractivity contribution is 5.82. The van der Waals surface area contributed by atoms with Gasteiger partial charge in [-0.3, -0.25) is 4.79 Å². The van der Waals surface area contributed by atoms with Crippen LogP contribution in [0.3, 0.4) is 0 Å². The molecule has 6 unspecified atom stereocenters. The second-order valence-corrected chi connectivity index (χ2v) is 9.55. The number of aliphatic hydroxyl groups excluding tert-OH is 1. The lowest BCUT2D eigenvalue weighted by molar-refractivity contribution is -0.186. The van der Waals surface area contributed by atoms with E-state index < -0.39 is 11.5 Å². The molecule has 1 aromatic carbocycles. The van der Waals surface area contributed by atoms with Crippen molar-refractivity contribution < 1.29 is 19.1 Å². The molecule has 0 amide bonds. The van der Waals surface area contributed by atoms with Gasteiger partial charge in [0, 0.05) is 40.7 Å². The number of carbonyl (C=O) groups is 1. The van der Waals surface area contributed by atoms with E-state index in [0.29, 0.717) is 30.8 Å². The lowest BCUT2D eigenvalue weighted by Gasteiger charge is -2.61. The van der Waals surface area contributed by atoms with Gasteiger partial charge in [0.15, 0.2) is 0 Å². The molecule has 4 rings (SSSR count). The fourth-order valence-corrected chi connectivity index (χ4v) is 5.84. The minimum absolute atomic E-state index is 0.155. The number of Topliss-reactive ketones (excluding diaryl/α,β-unsaturated/α-hetero) is 1. The van der Waals surface area contributed by atoms with E-state index in [4.69, 9.17) is 9.15 Å². The smallest absolute Gasteiger partial charge is 0.336 e. The van der Waals surface area contributed by atoms with Crippen LogP contribution in [0.1, 0.15) is 47.0 Å². The Kier molecular flexibility index (Phi) is 4.85. The van der Waals surface area contributed by atoms with Crippen LogP contribution in [-0.2, 0) is 4.79 Å². The SMILES string of the molecule is CC1CC(O)C2(C)C(C)C(=O)CCC2C1(C)COc1ccc2ccc(=O)oc2c1. The molecule has 0 bridgehead atoms. The van der Waals surface area contributed by atoms with Gasteiger partial charge in [-0.1, -0.05) is 27.7 Å². The van der Waals surface area contributed by atoms with Crippen molar-refractivity contribution >= 4 is 16.8 Å². The molecule has 1 N–H and O–H groups in total. The van der Waals surface area contributed by atoms with Gasteiger partial charge >= 0.3 is 5.63 Å². The van der Waals surface area contributed by atoms with Gasteiger partial charge in [0.05, 0.1) is 12.7 Å². The number of benzene rings is 1. The van der Waals surface area contributed by atoms with Gasteiger partial charge in [0.25, 0.3) is 0 Å². The molecule has 2 fully saturated rings. The van der Waals surface area contributed by atoms with E-state index in [1.807, 2.05) is 19.1 Å². The average Bonchev–Trinajstić information content (AvgIpc) is 2.69. The second-order valence-electron chi connectivity index (χ2n) is 9.55. The van der Waals surface area contributed by atoms with Crippen molar-refractivity contribution in [1.29, 1.82) is 0 Å². The van der Waals surface area contributed by atoms with Crippen molar-refractivity contribution in [2.75, 3.05) is 6.61 Å². The van der Waals surface area contributed by atoms with E-state index in [2.05, 4.69) is 20.8 Å². The zero-order valence-corrected chi connectivity index (χ0v) is 17.6. The lowest BCUT2D eigenvalue weighted by Crippen LogP contribution is -2.62. The third kappa shape index (κ3) is 3.10. The topological polar surface area (TPSA) is 76.7 Å². The fraction of sp³-hybridized carbons (Fsp3) is 0.583. The molecule has 0 aliphatic heterocycles. The van der Waals surface area contributed by atoms with Crippen LogP contribution in [-0.4, -0.2) is 23.6 Å². The first-order valence-electron chi connectivity index (χ1n) is 10.5. The minimum Gasteiger partial charge on any atom is -0.493 e. The van der Waals surface area contributed by atoms with Gasteiger partial charge < -0.3 is 14.3 Å². The summed E-state index contributed by atoms with van der Waals surface area (Å²) in [6, 6.07) is 8.68. The Balaban J connectivity index is 1.63. The summed E-state index contributed by atoms with van der Waals surface area (Å²) in [5.41, 5.74) is -0.479. The van der Waals surface area contributed by atoms with Crippen molar-refractivity contribution in [3.05, 3.63) is 40.8 Å². The van der Waals surface area contributed by atoms with E-state index in [9.17, 15) is 14.7 Å². The zero-order valence-electron chi connectivity index (χ0n) is 17.6. The monoisotopic (exact) mass is 398 g/mol. The average molecular weight is 398 g/mol. The van der Waals surface area contributed by atoms with E-state index in [1.165, 1.54) is 6.07 Å². The first-order valence-corrected chi connectivity index (χ1v) is 10.5. The Hall–Kier alpha value is -2.14. The summed E-state index contributed by atoms with van der Waals surface area (Å²) in [5.74, 6) is 1.21. The van der Waals surface area contributed by atoms with Crippen LogP contribution in [0, 0.1) is 28.6 Å². The van der Waals surface area contributed by atoms with E-state index in [1.54, 1.807) is 12.1 Å². The standard InChI is InChI=1S/C24H30O5/c1-14-11-21(26)24(4)15(2)18(25)8-9-20(24)23(14,3)13-28-17-7-5-16-6-10-22(27)29-19(16)12-17/h5-7,10,12,14-15,20-21,26H,8-9,11,13H2,1-4H3. The molecule has 5 heteroatoms. The Labute approximate surface area is 171 Å². The summed E-state index contributed by atoms with van der Waals surface area (Å²) < 4.78 is 11.5. The van der Waals surface area contributed by atoms with Crippen molar-refractivity contribution in [2.45, 2.75) is 53.1 Å². The van der Waals surface area contributed by atoms with Crippen LogP contribution in [0.2, 0.25) is 0 Å². The third-order valence-electron chi connectivity index (χ3n) is 8.21. The molecule has 1 heterocycles. The van der Waals surface area contributed by atoms with Crippen molar-refractivity contribution in [1.82, 2.24) is 0 Å². The Morgan fingerprint density at radius 3 is 2.66 bits per heavy atom. The molecular formula is C24H30O5. The molecule has 1 aromatic heterocycles. The highest BCUT2D eigenvalue weighted by atomic mass is 16.5. The summed E-state index contributed by atoms with van der Waals surface area (Å²) in [6.07, 6.45) is 1.53. The summed E-state index contributed by atoms with van der Waals surface area (Å²) >= 11 is 0. The molecule has 29 heavy (non-hydrogen) atoms. The maximum absolute atomic E-state index is 12.4. The molecule has 2 aromatic rings. The van der Waals surface area contributed by atoms with Gasteiger partial charge in [0.2, 0.25) is 0 Å². The largest absolute Gasteiger partial charge is 0.493 e. The predicted octanol–water partition coefficient (Wildman–Crippen LogP) is 4.20. The number of carbonyl (C=O) groups excluding carboxylic acids is 1. The highest BCUT2D eigenvalue weighted by Crippen LogP contribution is 2.61. The van der Waals surface area contributed by atoms with Crippen LogP contribution in [0.15, 0.2) is 39.5 Å². The van der Waals surface area contributed by atoms with Crippen molar-refractivity contribution in [2.24, 2.45) is 28.6 Å². The van der Waals surface area contributed by atoms with Gasteiger partial charge in [-0.05, 0) is 42.9 Å². The van der Waals surface area contributed by atoms with E-state index in [0.717, 1.165) is 11.8 Å². The van der Waals surface area contributed by atoms with Crippen LogP contribution in [0.25, 0.3) is 11.0 Å². The van der Waals surface area contributed by atoms with Gasteiger partial charge in [-0.25, -0.2) is 4.79 Å². The summed E-state index contributed by atoms with van der Waals surface area (Å²) in [7, 11) is 0. The van der Waals surface area contributed by atoms with E-state index in [-0.39, 0.29) is 34.6 Å². The first-order chi connectivity index (χ1) is 13.7. The van der Waals surface area contributed by atoms with Crippen LogP contribution in [0.5, 0.6) is 5.75 Å². The molecule has 156 valence electrons. The fourth-order valence-electron chi connectivity index (χ4n) is 5.84. The van der Waals surface area contributed by atoms with Crippen molar-refractivity contribution in [3.8, 4) is 5.75 Å². The van der Waals surface area contributed by atoms with Gasteiger partial charge in [-0.15, -0.1) is 0 Å². The van der Waals surface area contributed by atoms with Gasteiger partial charge in [0.1, 0.15) is 17.1 Å². The number of aliphatic hydroxyl groups is 1. The van der Waals surface area contributed by atoms with Crippen LogP contribution >= 0.6 is 0 Å². The summed E-state index contributed by atoms with van der Waals surface area (Å²) in [4.78, 5) is 24.0. The maximum atomic E-state index is 12.4. The van der Waals surface area contributed by atoms with E-state index >= 15 is 0 Å². The Morgan fingerprint density at radius 1 is 1.17 bits per heavy atom. The number of ketones is 1. The van der Waals surface area contributed by atoms with Crippen LogP contribution in [0.4, 0.5) is 0 Å². The van der Waals surface area contributed by atoms with Gasteiger partial charge in [-0.2, -0.15) is 0 Å². The summed E-state index contributed by atoms with van der Waals surface area (Å²) in [5, 5.41) is 11.8. The quantitative estimate of drug-likeness (QED) is 0.784. The molecule has 0 saturated heterocycles. The normalized spacial score (nSPS) is 37.3. The molecule has 0 spiro atoms. The zero-order chi connectivity index (χ0) is 21.0. The molecule has 6 atom stereocenters. The lowest BCUT2D eigenvalue weighted by atomic mass is 9.44. The molecule has 0 radical (unpaired) electrons. The maximum Gasteiger partial charge on any atom is 0.336 e. The van der Waals surface area contributed by atoms with Crippen molar-refractivity contribution in [3.63, 3.8) is 0 Å². The second kappa shape index (κ2) is 6.98. The Morgan fingerprint density at radius 2 is 1.90 bits per heavy atom. The molecular weight excluding hydrogens is 368 g/mol. The molecule has 2 saturated carbocycles. The third-order valence-corrected chi connectivity index (χ3v) is 8.21. The molecule has 2 aliphatic rings. The number of fused-ring (bicyclic) bond motifs is 2. The molecule has 2 aliphatic carbocycles. The summed E-state index contributed by atoms with van der Waals surface area (Å²) in [6.45, 7) is 8.95.